The summed E-state index contributed by atoms with van der Waals surface area (Å²) in [7, 11) is 0. The number of nitrogens with zero attached hydrogens (tertiary/aromatic N) is 4. The highest BCUT2D eigenvalue weighted by Gasteiger charge is 2.56. The first kappa shape index (κ1) is 20.6. The van der Waals surface area contributed by atoms with Gasteiger partial charge in [-0.1, -0.05) is 6.07 Å². The minimum atomic E-state index is -0.718. The molecule has 0 radical (unpaired) electrons. The molecule has 9 nitrogen and oxygen atoms in total. The van der Waals surface area contributed by atoms with E-state index in [9.17, 15) is 19.6 Å². The molecule has 1 aromatic rings. The molecule has 9 heteroatoms. The molecule has 2 amide bonds. The van der Waals surface area contributed by atoms with Gasteiger partial charge in [0.2, 0.25) is 11.8 Å². The summed E-state index contributed by atoms with van der Waals surface area (Å²) in [6.45, 7) is 1.48. The van der Waals surface area contributed by atoms with E-state index in [4.69, 9.17) is 10.5 Å². The molecule has 5 aliphatic rings. The summed E-state index contributed by atoms with van der Waals surface area (Å²) in [5, 5.41) is 9.39. The number of rotatable bonds is 6. The average Bonchev–Trinajstić information content (AvgIpc) is 3.15. The van der Waals surface area contributed by atoms with Crippen LogP contribution in [0, 0.1) is 17.2 Å². The number of nitriles is 1. The van der Waals surface area contributed by atoms with Crippen molar-refractivity contribution in [2.75, 3.05) is 13.1 Å². The number of piperazine rings is 1. The molecule has 2 bridgehead atoms. The van der Waals surface area contributed by atoms with Gasteiger partial charge in [0.25, 0.3) is 6.47 Å². The molecule has 6 rings (SSSR count). The van der Waals surface area contributed by atoms with E-state index in [-0.39, 0.29) is 42.0 Å². The number of nitrogens with two attached hydrogens (primary N) is 1. The highest BCUT2D eigenvalue weighted by Crippen LogP contribution is 2.48. The first-order valence-electron chi connectivity index (χ1n) is 11.8. The van der Waals surface area contributed by atoms with E-state index in [1.54, 1.807) is 11.0 Å². The monoisotopic (exact) mass is 449 g/mol. The molecule has 1 saturated carbocycles. The topological polar surface area (TPSA) is 120 Å². The van der Waals surface area contributed by atoms with Gasteiger partial charge in [-0.15, -0.1) is 0 Å². The number of amides is 2. The molecule has 2 N–H and O–H groups in total. The van der Waals surface area contributed by atoms with Gasteiger partial charge >= 0.3 is 0 Å². The Morgan fingerprint density at radius 3 is 2.91 bits per heavy atom. The number of hydrogen-bond donors (Lipinski definition) is 1. The maximum Gasteiger partial charge on any atom is 0.298 e. The number of carbonyl (C=O) groups excluding carboxylic acids is 3. The van der Waals surface area contributed by atoms with Gasteiger partial charge in [-0.05, 0) is 61.3 Å². The highest BCUT2D eigenvalue weighted by atomic mass is 16.5. The predicted molar refractivity (Wildman–Crippen MR) is 116 cm³/mol. The minimum absolute atomic E-state index is 0.0398. The number of ether oxygens (including phenoxy) is 1. The first-order valence-corrected chi connectivity index (χ1v) is 11.8. The van der Waals surface area contributed by atoms with E-state index in [1.807, 2.05) is 17.0 Å². The zero-order chi connectivity index (χ0) is 22.9. The zero-order valence-electron chi connectivity index (χ0n) is 18.3. The minimum Gasteiger partial charge on any atom is -0.429 e. The van der Waals surface area contributed by atoms with Gasteiger partial charge in [0.05, 0.1) is 24.2 Å². The molecule has 33 heavy (non-hydrogen) atoms. The van der Waals surface area contributed by atoms with Crippen LogP contribution in [0.25, 0.3) is 0 Å². The van der Waals surface area contributed by atoms with Crippen molar-refractivity contribution in [3.8, 4) is 11.8 Å². The Balaban J connectivity index is 1.12. The van der Waals surface area contributed by atoms with Gasteiger partial charge in [-0.3, -0.25) is 19.3 Å². The second-order valence-corrected chi connectivity index (χ2v) is 10.0. The van der Waals surface area contributed by atoms with Crippen molar-refractivity contribution in [3.05, 3.63) is 29.3 Å². The first-order chi connectivity index (χ1) is 16.0. The smallest absolute Gasteiger partial charge is 0.298 e. The van der Waals surface area contributed by atoms with Crippen LogP contribution in [0.4, 0.5) is 0 Å². The Morgan fingerprint density at radius 2 is 2.15 bits per heavy atom. The summed E-state index contributed by atoms with van der Waals surface area (Å²) in [5.74, 6) is 0.934. The van der Waals surface area contributed by atoms with Gasteiger partial charge in [0, 0.05) is 25.2 Å². The van der Waals surface area contributed by atoms with Crippen LogP contribution < -0.4 is 10.5 Å². The maximum atomic E-state index is 13.3. The summed E-state index contributed by atoms with van der Waals surface area (Å²) in [4.78, 5) is 42.8. The summed E-state index contributed by atoms with van der Waals surface area (Å²) in [6, 6.07) is 6.88. The Hall–Kier alpha value is -2.96. The van der Waals surface area contributed by atoms with Crippen molar-refractivity contribution in [1.82, 2.24) is 14.7 Å². The van der Waals surface area contributed by atoms with E-state index in [2.05, 4.69) is 11.0 Å². The van der Waals surface area contributed by atoms with Crippen molar-refractivity contribution in [3.63, 3.8) is 0 Å². The normalized spacial score (nSPS) is 34.7. The third-order valence-electron chi connectivity index (χ3n) is 8.25. The van der Waals surface area contributed by atoms with E-state index >= 15 is 0 Å². The molecule has 1 aromatic carbocycles. The second kappa shape index (κ2) is 7.54. The number of carbonyl (C=O) groups is 3. The Labute approximate surface area is 192 Å². The van der Waals surface area contributed by atoms with Gasteiger partial charge in [-0.2, -0.15) is 5.26 Å². The molecular weight excluding hydrogens is 422 g/mol. The molecule has 3 saturated heterocycles. The van der Waals surface area contributed by atoms with Crippen molar-refractivity contribution >= 4 is 18.3 Å². The lowest BCUT2D eigenvalue weighted by atomic mass is 10.0. The average molecular weight is 450 g/mol. The molecular formula is C24H27N5O4. The van der Waals surface area contributed by atoms with E-state index in [0.717, 1.165) is 43.2 Å². The molecule has 2 aliphatic carbocycles. The molecule has 0 spiro atoms. The number of aryl methyl sites for hydroxylation is 1. The second-order valence-electron chi connectivity index (χ2n) is 10.0. The van der Waals surface area contributed by atoms with Crippen molar-refractivity contribution in [1.29, 1.82) is 5.26 Å². The molecule has 172 valence electrons. The van der Waals surface area contributed by atoms with Crippen LogP contribution in [0.1, 0.15) is 42.9 Å². The lowest BCUT2D eigenvalue weighted by molar-refractivity contribution is -0.141. The molecule has 0 aromatic heterocycles. The van der Waals surface area contributed by atoms with E-state index in [1.165, 1.54) is 0 Å². The fourth-order valence-electron chi connectivity index (χ4n) is 6.70. The molecule has 7 atom stereocenters. The number of piperidine rings is 1. The molecule has 3 aliphatic heterocycles. The van der Waals surface area contributed by atoms with Crippen LogP contribution in [-0.2, 0) is 20.8 Å². The molecule has 4 fully saturated rings. The van der Waals surface area contributed by atoms with Crippen LogP contribution >= 0.6 is 0 Å². The van der Waals surface area contributed by atoms with E-state index < -0.39 is 6.04 Å². The van der Waals surface area contributed by atoms with Crippen molar-refractivity contribution < 1.29 is 19.1 Å². The summed E-state index contributed by atoms with van der Waals surface area (Å²) < 4.78 is 4.96. The Bertz CT molecular complexity index is 1070. The van der Waals surface area contributed by atoms with Crippen LogP contribution in [0.3, 0.4) is 0 Å². The number of hydrogen-bond acceptors (Lipinski definition) is 7. The van der Waals surface area contributed by atoms with Gasteiger partial charge in [-0.25, -0.2) is 0 Å². The SMILES string of the molecule is N#C[C@@H]1CC2C[C@@H]2N1C(=O)[C@@H](N)CN1C[C@@H]2C[C@H]1C(=O)N2[C@@H]1CCc2cc(OC=O)ccc21. The predicted octanol–water partition coefficient (Wildman–Crippen LogP) is 0.334. The molecule has 3 heterocycles. The maximum absolute atomic E-state index is 13.3. The lowest BCUT2D eigenvalue weighted by Crippen LogP contribution is -2.57. The lowest BCUT2D eigenvalue weighted by Gasteiger charge is -2.38. The van der Waals surface area contributed by atoms with Crippen LogP contribution in [0.15, 0.2) is 18.2 Å². The fourth-order valence-corrected chi connectivity index (χ4v) is 6.70. The van der Waals surface area contributed by atoms with E-state index in [0.29, 0.717) is 31.2 Å². The quantitative estimate of drug-likeness (QED) is 0.622. The van der Waals surface area contributed by atoms with Crippen molar-refractivity contribution in [2.45, 2.75) is 68.4 Å². The van der Waals surface area contributed by atoms with Gasteiger partial charge < -0.3 is 20.3 Å². The number of benzene rings is 1. The third kappa shape index (κ3) is 3.15. The van der Waals surface area contributed by atoms with Crippen LogP contribution in [-0.4, -0.2) is 76.3 Å². The standard InChI is InChI=1S/C24H27N5O4/c25-9-15-5-14-7-21(14)28(15)23(31)19(26)11-27-10-16-8-22(27)24(32)29(16)20-4-1-13-6-17(33-12-30)2-3-18(13)20/h2-3,6,12,14-16,19-22H,1,4-5,7-8,10-11,26H2/t14?,15-,16-,19-,20+,21-,22-/m0/s1. The summed E-state index contributed by atoms with van der Waals surface area (Å²) in [5.41, 5.74) is 8.56. The highest BCUT2D eigenvalue weighted by molar-refractivity contribution is 5.87. The Kier molecular flexibility index (Phi) is 4.71. The van der Waals surface area contributed by atoms with Crippen molar-refractivity contribution in [2.24, 2.45) is 11.7 Å². The van der Waals surface area contributed by atoms with Crippen LogP contribution in [0.5, 0.6) is 5.75 Å². The largest absolute Gasteiger partial charge is 0.429 e. The number of fused-ring (bicyclic) bond motifs is 4. The zero-order valence-corrected chi connectivity index (χ0v) is 18.3. The Morgan fingerprint density at radius 1 is 1.30 bits per heavy atom. The third-order valence-corrected chi connectivity index (χ3v) is 8.25. The van der Waals surface area contributed by atoms with Gasteiger partial charge in [0.1, 0.15) is 11.8 Å². The number of likely N-dealkylation sites (tertiary alicyclic amines) is 3. The van der Waals surface area contributed by atoms with Crippen LogP contribution in [0.2, 0.25) is 0 Å². The summed E-state index contributed by atoms with van der Waals surface area (Å²) >= 11 is 0. The fraction of sp³-hybridized carbons (Fsp3) is 0.583. The summed E-state index contributed by atoms with van der Waals surface area (Å²) in [6.07, 6.45) is 4.20. The molecule has 1 unspecified atom stereocenters. The van der Waals surface area contributed by atoms with Gasteiger partial charge in [0.15, 0.2) is 0 Å².